The number of Topliss-reactive ketones (excluding diaryl/α,β-unsaturated/α-hetero) is 3. The van der Waals surface area contributed by atoms with Crippen LogP contribution in [-0.2, 0) is 33.4 Å². The van der Waals surface area contributed by atoms with Gasteiger partial charge in [-0.2, -0.15) is 0 Å². The number of cyclic esters (lactones) is 1. The first-order valence-corrected chi connectivity index (χ1v) is 27.1. The lowest BCUT2D eigenvalue weighted by Gasteiger charge is -2.41. The molecule has 13 unspecified atom stereocenters. The van der Waals surface area contributed by atoms with Crippen LogP contribution in [0.4, 0.5) is 5.69 Å². The number of carbonyl (C=O) groups excluding carboxylic acids is 4. The number of nitrogen functional groups attached to an aromatic ring is 1. The maximum absolute atomic E-state index is 13.3. The summed E-state index contributed by atoms with van der Waals surface area (Å²) in [6, 6.07) is 5.27. The molecule has 20 heteroatoms. The van der Waals surface area contributed by atoms with Crippen LogP contribution in [0.25, 0.3) is 0 Å². The second-order valence-electron chi connectivity index (χ2n) is 21.1. The van der Waals surface area contributed by atoms with Gasteiger partial charge in [0.1, 0.15) is 29.7 Å². The fourth-order valence-electron chi connectivity index (χ4n) is 9.47. The third-order valence-corrected chi connectivity index (χ3v) is 14.0. The lowest BCUT2D eigenvalue weighted by atomic mass is 9.83. The van der Waals surface area contributed by atoms with Crippen LogP contribution >= 0.6 is 0 Å². The molecule has 440 valence electrons. The van der Waals surface area contributed by atoms with Crippen LogP contribution < -0.4 is 11.5 Å². The number of rotatable bonds is 10. The van der Waals surface area contributed by atoms with Gasteiger partial charge in [-0.25, -0.2) is 0 Å². The SMILES string of the molecule is CC1\C=C/C=C\C=C/C=C\C=C/C=C\C=C/C(O[C@@H]2O[C@H](C)[C@@H](O)[C@H](N)[C@@H]2O)CC(O)C(C(=O)O)C(O)CC(=O)CC(O)CC(O)CC(O)CC(=O)CCCC(O)CC(=O)OC1C(C)CC(C)C(O)CC(=O)c1ccc(N)cc1. The van der Waals surface area contributed by atoms with E-state index in [9.17, 15) is 75.0 Å². The molecule has 0 saturated carbocycles. The minimum absolute atomic E-state index is 0.0526. The molecule has 14 N–H and O–H groups in total. The number of nitrogens with two attached hydrogens (primary N) is 2. The Morgan fingerprint density at radius 2 is 1.23 bits per heavy atom. The van der Waals surface area contributed by atoms with E-state index >= 15 is 0 Å². The van der Waals surface area contributed by atoms with Crippen molar-refractivity contribution >= 4 is 35.0 Å². The van der Waals surface area contributed by atoms with Crippen molar-refractivity contribution in [3.8, 4) is 0 Å². The van der Waals surface area contributed by atoms with Gasteiger partial charge < -0.3 is 76.7 Å². The van der Waals surface area contributed by atoms with Crippen LogP contribution in [0.5, 0.6) is 0 Å². The number of carbonyl (C=O) groups is 5. The monoisotopic (exact) mass is 1110 g/mol. The molecule has 0 aliphatic carbocycles. The van der Waals surface area contributed by atoms with Crippen molar-refractivity contribution in [1.29, 1.82) is 0 Å². The van der Waals surface area contributed by atoms with Crippen LogP contribution in [0.3, 0.4) is 0 Å². The third-order valence-electron chi connectivity index (χ3n) is 14.0. The standard InChI is InChI=1S/C59H86N2O18/c1-35-18-15-13-11-9-7-5-6-8-10-12-14-16-21-47(78-59-56(74)54(61)55(73)38(4)77-59)33-51(71)53(58(75)76)50(70)31-46(67)30-45(66)29-44(65)28-43(64)27-41(62)19-17-20-42(63)32-52(72)79-57(35)37(3)26-36(2)48(68)34-49(69)39-22-24-40(60)25-23-39/h5-16,18,21-25,35-38,42-45,47-48,50-51,53-57,59,63-66,68,70-71,73-74H,17,19-20,26-34,60-61H2,1-4H3,(H,75,76)/b6-5-,9-7-,10-8-,13-11-,14-12-,18-15-,21-16-/t35?,36?,37?,38-,42?,43?,44?,45?,47?,48?,50?,51?,53?,54+,55-,56+,57?,59+/m1/s1. The minimum Gasteiger partial charge on any atom is -0.481 e. The average molecular weight is 1110 g/mol. The first kappa shape index (κ1) is 67.9. The molecule has 2 aliphatic heterocycles. The molecule has 1 aromatic carbocycles. The Balaban J connectivity index is 1.82. The molecule has 3 rings (SSSR count). The zero-order chi connectivity index (χ0) is 58.8. The molecule has 79 heavy (non-hydrogen) atoms. The zero-order valence-corrected chi connectivity index (χ0v) is 45.7. The second-order valence-corrected chi connectivity index (χ2v) is 21.1. The number of aliphatic hydroxyl groups is 9. The Kier molecular flexibility index (Phi) is 30.5. The predicted octanol–water partition coefficient (Wildman–Crippen LogP) is 3.40. The van der Waals surface area contributed by atoms with E-state index in [2.05, 4.69) is 0 Å². The van der Waals surface area contributed by atoms with Crippen molar-refractivity contribution in [2.45, 2.75) is 190 Å². The van der Waals surface area contributed by atoms with E-state index in [-0.39, 0.29) is 68.5 Å². The fourth-order valence-corrected chi connectivity index (χ4v) is 9.47. The molecule has 2 heterocycles. The van der Waals surface area contributed by atoms with E-state index in [1.165, 1.54) is 19.1 Å². The number of ether oxygens (including phenoxy) is 3. The second kappa shape index (κ2) is 35.4. The molecular weight excluding hydrogens is 1020 g/mol. The lowest BCUT2D eigenvalue weighted by Crippen LogP contribution is -2.61. The van der Waals surface area contributed by atoms with Gasteiger partial charge in [0.25, 0.3) is 0 Å². The largest absolute Gasteiger partial charge is 0.481 e. The molecule has 0 aromatic heterocycles. The van der Waals surface area contributed by atoms with Gasteiger partial charge in [0, 0.05) is 55.7 Å². The number of aliphatic carboxylic acids is 1. The summed E-state index contributed by atoms with van der Waals surface area (Å²) in [6.45, 7) is 7.08. The summed E-state index contributed by atoms with van der Waals surface area (Å²) in [4.78, 5) is 64.4. The number of carboxylic acids is 1. The molecule has 0 bridgehead atoms. The number of benzene rings is 1. The molecular formula is C59H86N2O18. The van der Waals surface area contributed by atoms with Crippen molar-refractivity contribution in [1.82, 2.24) is 0 Å². The minimum atomic E-state index is -1.95. The first-order valence-electron chi connectivity index (χ1n) is 27.1. The van der Waals surface area contributed by atoms with E-state index in [0.29, 0.717) is 17.7 Å². The molecule has 1 saturated heterocycles. The van der Waals surface area contributed by atoms with E-state index in [4.69, 9.17) is 25.7 Å². The highest BCUT2D eigenvalue weighted by molar-refractivity contribution is 5.96. The maximum Gasteiger partial charge on any atom is 0.311 e. The highest BCUT2D eigenvalue weighted by Crippen LogP contribution is 2.29. The molecule has 1 fully saturated rings. The summed E-state index contributed by atoms with van der Waals surface area (Å²) in [7, 11) is 0. The summed E-state index contributed by atoms with van der Waals surface area (Å²) in [5.74, 6) is -6.71. The third kappa shape index (κ3) is 25.3. The topological polar surface area (TPSA) is 367 Å². The van der Waals surface area contributed by atoms with Crippen molar-refractivity contribution in [3.63, 3.8) is 0 Å². The van der Waals surface area contributed by atoms with Crippen molar-refractivity contribution in [3.05, 3.63) is 115 Å². The first-order chi connectivity index (χ1) is 37.4. The summed E-state index contributed by atoms with van der Waals surface area (Å²) in [5.41, 5.74) is 12.7. The van der Waals surface area contributed by atoms with Gasteiger partial charge in [-0.15, -0.1) is 0 Å². The number of allylic oxidation sites excluding steroid dienone is 12. The van der Waals surface area contributed by atoms with Gasteiger partial charge >= 0.3 is 11.9 Å². The number of ketones is 3. The van der Waals surface area contributed by atoms with Crippen LogP contribution in [0.1, 0.15) is 115 Å². The van der Waals surface area contributed by atoms with E-state index in [0.717, 1.165) is 0 Å². The summed E-state index contributed by atoms with van der Waals surface area (Å²) >= 11 is 0. The van der Waals surface area contributed by atoms with E-state index in [1.54, 1.807) is 91.1 Å². The molecule has 20 nitrogen and oxygen atoms in total. The number of carboxylic acid groups (broad SMARTS) is 1. The highest BCUT2D eigenvalue weighted by atomic mass is 16.7. The van der Waals surface area contributed by atoms with Gasteiger partial charge in [0.2, 0.25) is 0 Å². The smallest absolute Gasteiger partial charge is 0.311 e. The fraction of sp³-hybridized carbons (Fsp3) is 0.576. The molecule has 0 spiro atoms. The van der Waals surface area contributed by atoms with Crippen molar-refractivity contribution in [2.24, 2.45) is 29.4 Å². The molecule has 0 radical (unpaired) electrons. The predicted molar refractivity (Wildman–Crippen MR) is 294 cm³/mol. The van der Waals surface area contributed by atoms with Gasteiger partial charge in [0.05, 0.1) is 73.5 Å². The quantitative estimate of drug-likeness (QED) is 0.0907. The van der Waals surface area contributed by atoms with E-state index < -0.39 is 141 Å². The molecule has 18 atom stereocenters. The zero-order valence-electron chi connectivity index (χ0n) is 45.7. The molecule has 2 aliphatic rings. The molecule has 1 aromatic rings. The average Bonchev–Trinajstić information content (AvgIpc) is 3.36. The van der Waals surface area contributed by atoms with Crippen LogP contribution in [0.2, 0.25) is 0 Å². The molecule has 0 amide bonds. The van der Waals surface area contributed by atoms with E-state index in [1.807, 2.05) is 26.8 Å². The van der Waals surface area contributed by atoms with Gasteiger partial charge in [-0.3, -0.25) is 24.0 Å². The van der Waals surface area contributed by atoms with Gasteiger partial charge in [0.15, 0.2) is 12.1 Å². The summed E-state index contributed by atoms with van der Waals surface area (Å²) < 4.78 is 17.6. The Hall–Kier alpha value is -5.33. The van der Waals surface area contributed by atoms with Gasteiger partial charge in [-0.1, -0.05) is 106 Å². The highest BCUT2D eigenvalue weighted by Gasteiger charge is 2.43. The lowest BCUT2D eigenvalue weighted by molar-refractivity contribution is -0.277. The number of anilines is 1. The normalized spacial score (nSPS) is 35.6. The van der Waals surface area contributed by atoms with Gasteiger partial charge in [-0.05, 0) is 75.1 Å². The number of aliphatic hydroxyl groups excluding tert-OH is 9. The summed E-state index contributed by atoms with van der Waals surface area (Å²) in [5, 5.41) is 107. The number of hydrogen-bond acceptors (Lipinski definition) is 19. The van der Waals surface area contributed by atoms with Crippen LogP contribution in [-0.4, -0.2) is 166 Å². The van der Waals surface area contributed by atoms with Crippen molar-refractivity contribution in [2.75, 3.05) is 5.73 Å². The maximum atomic E-state index is 13.3. The summed E-state index contributed by atoms with van der Waals surface area (Å²) in [6.07, 6.45) is 3.96. The Labute approximate surface area is 463 Å². The Morgan fingerprint density at radius 1 is 0.684 bits per heavy atom. The number of esters is 1. The van der Waals surface area contributed by atoms with Crippen LogP contribution in [0.15, 0.2) is 109 Å². The number of hydrogen-bond donors (Lipinski definition) is 12. The Morgan fingerprint density at radius 3 is 1.80 bits per heavy atom. The Bertz CT molecular complexity index is 2260. The van der Waals surface area contributed by atoms with Crippen molar-refractivity contribution < 1.29 is 89.2 Å². The van der Waals surface area contributed by atoms with Crippen LogP contribution in [0, 0.1) is 23.7 Å².